The van der Waals surface area contributed by atoms with Gasteiger partial charge in [0.05, 0.1) is 7.11 Å². The number of hydrogen-bond donors (Lipinski definition) is 0. The van der Waals surface area contributed by atoms with Gasteiger partial charge in [-0.25, -0.2) is 0 Å². The molecular weight excluding hydrogens is 361 g/mol. The van der Waals surface area contributed by atoms with Gasteiger partial charge in [0.15, 0.2) is 0 Å². The number of benzene rings is 2. The van der Waals surface area contributed by atoms with Crippen LogP contribution in [0.1, 0.15) is 17.0 Å². The third-order valence-electron chi connectivity index (χ3n) is 3.25. The Morgan fingerprint density at radius 2 is 1.60 bits per heavy atom. The number of carbonyl (C=O) groups excluding carboxylic acids is 1. The van der Waals surface area contributed by atoms with Crippen molar-refractivity contribution in [3.63, 3.8) is 0 Å². The zero-order chi connectivity index (χ0) is 18.7. The van der Waals surface area contributed by atoms with Crippen molar-refractivity contribution in [2.75, 3.05) is 7.11 Å². The van der Waals surface area contributed by atoms with Gasteiger partial charge in [0.1, 0.15) is 11.7 Å². The van der Waals surface area contributed by atoms with E-state index in [1.54, 1.807) is 30.3 Å². The van der Waals surface area contributed by atoms with Crippen molar-refractivity contribution >= 4 is 16.1 Å². The second kappa shape index (κ2) is 7.14. The molecule has 0 saturated carbocycles. The molecule has 1 atom stereocenters. The molecule has 0 aliphatic carbocycles. The first-order chi connectivity index (χ1) is 11.7. The number of hydrogen-bond acceptors (Lipinski definition) is 5. The van der Waals surface area contributed by atoms with Gasteiger partial charge in [0.25, 0.3) is 0 Å². The monoisotopic (exact) mass is 374 g/mol. The summed E-state index contributed by atoms with van der Waals surface area (Å²) in [6, 6.07) is 13.2. The molecule has 9 heteroatoms. The molecule has 0 aliphatic rings. The van der Waals surface area contributed by atoms with Gasteiger partial charge in [-0.15, -0.1) is 0 Å². The predicted octanol–water partition coefficient (Wildman–Crippen LogP) is 3.22. The zero-order valence-electron chi connectivity index (χ0n) is 12.9. The van der Waals surface area contributed by atoms with Crippen molar-refractivity contribution in [1.29, 1.82) is 0 Å². The fourth-order valence-electron chi connectivity index (χ4n) is 2.15. The molecule has 2 rings (SSSR count). The lowest BCUT2D eigenvalue weighted by molar-refractivity contribution is -0.141. The van der Waals surface area contributed by atoms with Gasteiger partial charge < -0.3 is 8.92 Å². The van der Waals surface area contributed by atoms with Gasteiger partial charge in [0, 0.05) is 0 Å². The Kier molecular flexibility index (Phi) is 5.36. The van der Waals surface area contributed by atoms with Crippen molar-refractivity contribution in [3.05, 3.63) is 65.7 Å². The Balaban J connectivity index is 2.43. The van der Waals surface area contributed by atoms with E-state index in [-0.39, 0.29) is 5.56 Å². The molecule has 1 unspecified atom stereocenters. The summed E-state index contributed by atoms with van der Waals surface area (Å²) in [5, 5.41) is 0. The quantitative estimate of drug-likeness (QED) is 0.457. The van der Waals surface area contributed by atoms with E-state index in [9.17, 15) is 26.4 Å². The molecule has 0 bridgehead atoms. The highest BCUT2D eigenvalue weighted by Crippen LogP contribution is 2.31. The number of alkyl halides is 3. The Hall–Kier alpha value is -2.55. The van der Waals surface area contributed by atoms with Crippen molar-refractivity contribution < 1.29 is 35.3 Å². The Morgan fingerprint density at radius 1 is 1.00 bits per heavy atom. The lowest BCUT2D eigenvalue weighted by Crippen LogP contribution is -2.28. The van der Waals surface area contributed by atoms with Crippen LogP contribution >= 0.6 is 0 Å². The van der Waals surface area contributed by atoms with Crippen molar-refractivity contribution in [3.8, 4) is 5.75 Å². The summed E-state index contributed by atoms with van der Waals surface area (Å²) in [6.07, 6.45) is 0. The molecule has 5 nitrogen and oxygen atoms in total. The van der Waals surface area contributed by atoms with E-state index >= 15 is 0 Å². The van der Waals surface area contributed by atoms with Gasteiger partial charge in [-0.2, -0.15) is 21.6 Å². The fraction of sp³-hybridized carbons (Fsp3) is 0.188. The average Bonchev–Trinajstić information content (AvgIpc) is 2.55. The van der Waals surface area contributed by atoms with Gasteiger partial charge in [-0.05, 0) is 23.3 Å². The highest BCUT2D eigenvalue weighted by molar-refractivity contribution is 7.88. The summed E-state index contributed by atoms with van der Waals surface area (Å²) in [4.78, 5) is 12.1. The van der Waals surface area contributed by atoms with Gasteiger partial charge in [0.2, 0.25) is 0 Å². The van der Waals surface area contributed by atoms with Crippen LogP contribution < -0.4 is 4.18 Å². The van der Waals surface area contributed by atoms with Gasteiger partial charge in [-0.3, -0.25) is 4.79 Å². The van der Waals surface area contributed by atoms with Crippen LogP contribution in [0.15, 0.2) is 54.6 Å². The molecule has 25 heavy (non-hydrogen) atoms. The molecular formula is C16H13F3O5S. The van der Waals surface area contributed by atoms with E-state index in [1.165, 1.54) is 19.2 Å². The van der Waals surface area contributed by atoms with E-state index in [4.69, 9.17) is 4.74 Å². The molecule has 134 valence electrons. The first-order valence-corrected chi connectivity index (χ1v) is 8.30. The van der Waals surface area contributed by atoms with Crippen molar-refractivity contribution in [1.82, 2.24) is 0 Å². The highest BCUT2D eigenvalue weighted by Gasteiger charge is 2.48. The molecule has 0 saturated heterocycles. The number of halogens is 3. The Bertz CT molecular complexity index is 848. The van der Waals surface area contributed by atoms with Crippen LogP contribution in [0.4, 0.5) is 13.2 Å². The maximum atomic E-state index is 12.4. The molecule has 0 aliphatic heterocycles. The van der Waals surface area contributed by atoms with Crippen LogP contribution in [-0.4, -0.2) is 27.0 Å². The first kappa shape index (κ1) is 18.8. The predicted molar refractivity (Wildman–Crippen MR) is 82.3 cm³/mol. The Labute approximate surface area is 142 Å². The number of ether oxygens (including phenoxy) is 1. The first-order valence-electron chi connectivity index (χ1n) is 6.89. The van der Waals surface area contributed by atoms with Crippen LogP contribution in [0.3, 0.4) is 0 Å². The Morgan fingerprint density at radius 3 is 2.16 bits per heavy atom. The summed E-state index contributed by atoms with van der Waals surface area (Å²) in [5.74, 6) is -2.15. The van der Waals surface area contributed by atoms with E-state index in [0.717, 1.165) is 12.1 Å². The van der Waals surface area contributed by atoms with Gasteiger partial charge in [-0.1, -0.05) is 42.5 Å². The maximum Gasteiger partial charge on any atom is 0.534 e. The third-order valence-corrected chi connectivity index (χ3v) is 4.23. The van der Waals surface area contributed by atoms with E-state index in [0.29, 0.717) is 5.56 Å². The largest absolute Gasteiger partial charge is 0.534 e. The summed E-state index contributed by atoms with van der Waals surface area (Å²) in [7, 11) is -4.63. The summed E-state index contributed by atoms with van der Waals surface area (Å²) >= 11 is 0. The molecule has 0 amide bonds. The number of carbonyl (C=O) groups is 1. The second-order valence-electron chi connectivity index (χ2n) is 4.92. The van der Waals surface area contributed by atoms with Crippen LogP contribution in [0, 0.1) is 0 Å². The molecule has 0 N–H and O–H groups in total. The van der Waals surface area contributed by atoms with E-state index < -0.39 is 33.3 Å². The summed E-state index contributed by atoms with van der Waals surface area (Å²) < 4.78 is 68.4. The smallest absolute Gasteiger partial charge is 0.468 e. The van der Waals surface area contributed by atoms with Crippen LogP contribution in [-0.2, 0) is 19.6 Å². The topological polar surface area (TPSA) is 69.7 Å². The molecule has 0 aromatic heterocycles. The number of methoxy groups -OCH3 is 1. The maximum absolute atomic E-state index is 12.4. The SMILES string of the molecule is COC(=O)C(c1ccccc1)c1cccc(OS(=O)(=O)C(F)(F)F)c1. The number of esters is 1. The standard InChI is InChI=1S/C16H13F3O5S/c1-23-15(20)14(11-6-3-2-4-7-11)12-8-5-9-13(10-12)24-25(21,22)16(17,18)19/h2-10,14H,1H3. The average molecular weight is 374 g/mol. The molecule has 0 radical (unpaired) electrons. The molecule has 2 aromatic rings. The second-order valence-corrected chi connectivity index (χ2v) is 6.46. The molecule has 0 spiro atoms. The third kappa shape index (κ3) is 4.30. The minimum Gasteiger partial charge on any atom is -0.468 e. The van der Waals surface area contributed by atoms with Crippen molar-refractivity contribution in [2.24, 2.45) is 0 Å². The zero-order valence-corrected chi connectivity index (χ0v) is 13.7. The highest BCUT2D eigenvalue weighted by atomic mass is 32.2. The molecule has 0 fully saturated rings. The van der Waals surface area contributed by atoms with Crippen LogP contribution in [0.2, 0.25) is 0 Å². The fourth-order valence-corrected chi connectivity index (χ4v) is 2.60. The van der Waals surface area contributed by atoms with E-state index in [2.05, 4.69) is 4.18 Å². The summed E-state index contributed by atoms with van der Waals surface area (Å²) in [5.41, 5.74) is -4.79. The number of rotatable bonds is 5. The molecule has 2 aromatic carbocycles. The van der Waals surface area contributed by atoms with E-state index in [1.807, 2.05) is 0 Å². The normalized spacial score (nSPS) is 13.1. The lowest BCUT2D eigenvalue weighted by Gasteiger charge is -2.17. The minimum atomic E-state index is -5.80. The minimum absolute atomic E-state index is 0.230. The van der Waals surface area contributed by atoms with Gasteiger partial charge >= 0.3 is 21.6 Å². The molecule has 0 heterocycles. The lowest BCUT2D eigenvalue weighted by atomic mass is 9.91. The van der Waals surface area contributed by atoms with Crippen molar-refractivity contribution in [2.45, 2.75) is 11.4 Å². The summed E-state index contributed by atoms with van der Waals surface area (Å²) in [6.45, 7) is 0. The van der Waals surface area contributed by atoms with Crippen LogP contribution in [0.5, 0.6) is 5.75 Å². The van der Waals surface area contributed by atoms with Crippen LogP contribution in [0.25, 0.3) is 0 Å².